The fourth-order valence-electron chi connectivity index (χ4n) is 4.42. The molecule has 6 heteroatoms. The highest BCUT2D eigenvalue weighted by molar-refractivity contribution is 6.34. The van der Waals surface area contributed by atoms with Gasteiger partial charge in [0.2, 0.25) is 0 Å². The van der Waals surface area contributed by atoms with Gasteiger partial charge >= 0.3 is 0 Å². The predicted octanol–water partition coefficient (Wildman–Crippen LogP) is 5.28. The van der Waals surface area contributed by atoms with Crippen LogP contribution in [0.1, 0.15) is 48.8 Å². The maximum atomic E-state index is 13.5. The van der Waals surface area contributed by atoms with Crippen LogP contribution in [0.3, 0.4) is 0 Å². The van der Waals surface area contributed by atoms with Gasteiger partial charge in [0.1, 0.15) is 11.5 Å². The van der Waals surface area contributed by atoms with Crippen molar-refractivity contribution in [2.45, 2.75) is 34.6 Å². The summed E-state index contributed by atoms with van der Waals surface area (Å²) in [6.07, 6.45) is 1.70. The van der Waals surface area contributed by atoms with E-state index in [2.05, 4.69) is 16.1 Å². The van der Waals surface area contributed by atoms with Gasteiger partial charge in [0.05, 0.1) is 16.9 Å². The Labute approximate surface area is 192 Å². The molecule has 4 aromatic rings. The predicted molar refractivity (Wildman–Crippen MR) is 128 cm³/mol. The standard InChI is InChI=1S/C27H24N4O2/c1-15-8-6-7-9-21(15)20-10-11-23(28-14-20)30-26(32)24-19(5)29-31(25(24)27(30)33)22-13-17(3)16(2)12-18(22)4/h6-14H,1-5H3. The van der Waals surface area contributed by atoms with E-state index >= 15 is 0 Å². The topological polar surface area (TPSA) is 68.1 Å². The van der Waals surface area contributed by atoms with Gasteiger partial charge in [-0.1, -0.05) is 30.3 Å². The third-order valence-corrected chi connectivity index (χ3v) is 6.36. The molecule has 0 bridgehead atoms. The lowest BCUT2D eigenvalue weighted by molar-refractivity contribution is 0.0921. The van der Waals surface area contributed by atoms with E-state index in [-0.39, 0.29) is 5.69 Å². The normalized spacial score (nSPS) is 13.1. The van der Waals surface area contributed by atoms with Gasteiger partial charge in [0, 0.05) is 11.8 Å². The number of benzene rings is 2. The van der Waals surface area contributed by atoms with Gasteiger partial charge in [0.15, 0.2) is 0 Å². The van der Waals surface area contributed by atoms with E-state index in [0.29, 0.717) is 17.1 Å². The number of hydrogen-bond acceptors (Lipinski definition) is 4. The number of carbonyl (C=O) groups excluding carboxylic acids is 2. The van der Waals surface area contributed by atoms with Crippen LogP contribution in [-0.2, 0) is 0 Å². The molecule has 1 aliphatic rings. The van der Waals surface area contributed by atoms with E-state index in [0.717, 1.165) is 38.4 Å². The molecule has 0 atom stereocenters. The lowest BCUT2D eigenvalue weighted by atomic mass is 10.0. The van der Waals surface area contributed by atoms with Crippen LogP contribution in [-0.4, -0.2) is 26.6 Å². The van der Waals surface area contributed by atoms with Crippen LogP contribution in [0.5, 0.6) is 0 Å². The molecule has 0 N–H and O–H groups in total. The van der Waals surface area contributed by atoms with Crippen molar-refractivity contribution in [2.24, 2.45) is 0 Å². The van der Waals surface area contributed by atoms with Crippen LogP contribution in [0.4, 0.5) is 5.82 Å². The first-order valence-electron chi connectivity index (χ1n) is 10.9. The zero-order chi connectivity index (χ0) is 23.4. The Kier molecular flexibility index (Phi) is 4.74. The minimum atomic E-state index is -0.413. The second kappa shape index (κ2) is 7.52. The van der Waals surface area contributed by atoms with Gasteiger partial charge in [-0.3, -0.25) is 9.59 Å². The minimum absolute atomic E-state index is 0.286. The molecule has 0 saturated heterocycles. The molecule has 2 amide bonds. The molecule has 6 nitrogen and oxygen atoms in total. The first-order chi connectivity index (χ1) is 15.8. The summed E-state index contributed by atoms with van der Waals surface area (Å²) in [5.41, 5.74) is 8.33. The molecule has 0 aliphatic carbocycles. The Bertz CT molecular complexity index is 1450. The molecule has 3 heterocycles. The first kappa shape index (κ1) is 20.8. The lowest BCUT2D eigenvalue weighted by Gasteiger charge is -2.16. The largest absolute Gasteiger partial charge is 0.286 e. The number of fused-ring (bicyclic) bond motifs is 1. The Balaban J connectivity index is 1.57. The molecule has 5 rings (SSSR count). The SMILES string of the molecule is Cc1cc(C)c(-n2nc(C)c3c2C(=O)N(c2ccc(-c4ccccc4C)cn2)C3=O)cc1C. The Morgan fingerprint density at radius 2 is 1.48 bits per heavy atom. The van der Waals surface area contributed by atoms with Crippen molar-refractivity contribution >= 4 is 17.6 Å². The number of amides is 2. The van der Waals surface area contributed by atoms with E-state index in [1.165, 1.54) is 5.56 Å². The van der Waals surface area contributed by atoms with E-state index < -0.39 is 11.8 Å². The van der Waals surface area contributed by atoms with Crippen molar-refractivity contribution in [3.63, 3.8) is 0 Å². The van der Waals surface area contributed by atoms with Crippen molar-refractivity contribution in [3.05, 3.63) is 93.9 Å². The van der Waals surface area contributed by atoms with Gasteiger partial charge in [-0.25, -0.2) is 14.6 Å². The van der Waals surface area contributed by atoms with Crippen LogP contribution in [0.2, 0.25) is 0 Å². The van der Waals surface area contributed by atoms with E-state index in [4.69, 9.17) is 0 Å². The number of rotatable bonds is 3. The van der Waals surface area contributed by atoms with Crippen molar-refractivity contribution in [3.8, 4) is 16.8 Å². The second-order valence-corrected chi connectivity index (χ2v) is 8.61. The summed E-state index contributed by atoms with van der Waals surface area (Å²) < 4.78 is 1.61. The van der Waals surface area contributed by atoms with Crippen LogP contribution in [0.25, 0.3) is 16.8 Å². The summed E-state index contributed by atoms with van der Waals surface area (Å²) in [7, 11) is 0. The lowest BCUT2D eigenvalue weighted by Crippen LogP contribution is -2.31. The first-order valence-corrected chi connectivity index (χ1v) is 10.9. The third-order valence-electron chi connectivity index (χ3n) is 6.36. The van der Waals surface area contributed by atoms with Crippen molar-refractivity contribution < 1.29 is 9.59 Å². The summed E-state index contributed by atoms with van der Waals surface area (Å²) in [5.74, 6) is -0.498. The van der Waals surface area contributed by atoms with Gasteiger partial charge in [-0.15, -0.1) is 0 Å². The molecule has 2 aromatic carbocycles. The molecule has 33 heavy (non-hydrogen) atoms. The van der Waals surface area contributed by atoms with Crippen molar-refractivity contribution in [2.75, 3.05) is 4.90 Å². The van der Waals surface area contributed by atoms with E-state index in [9.17, 15) is 9.59 Å². The second-order valence-electron chi connectivity index (χ2n) is 8.61. The summed E-state index contributed by atoms with van der Waals surface area (Å²) >= 11 is 0. The fourth-order valence-corrected chi connectivity index (χ4v) is 4.42. The molecule has 0 saturated carbocycles. The number of anilines is 1. The maximum Gasteiger partial charge on any atom is 0.286 e. The van der Waals surface area contributed by atoms with Crippen LogP contribution < -0.4 is 4.90 Å². The number of nitrogens with zero attached hydrogens (tertiary/aromatic N) is 4. The number of carbonyl (C=O) groups is 2. The summed E-state index contributed by atoms with van der Waals surface area (Å²) in [6, 6.07) is 15.7. The molecular weight excluding hydrogens is 412 g/mol. The minimum Gasteiger partial charge on any atom is -0.268 e. The molecule has 1 aliphatic heterocycles. The van der Waals surface area contributed by atoms with Crippen LogP contribution in [0.15, 0.2) is 54.7 Å². The fraction of sp³-hybridized carbons (Fsp3) is 0.185. The average molecular weight is 437 g/mol. The highest BCUT2D eigenvalue weighted by Crippen LogP contribution is 2.33. The number of imide groups is 1. The Morgan fingerprint density at radius 3 is 2.18 bits per heavy atom. The molecule has 2 aromatic heterocycles. The molecule has 164 valence electrons. The van der Waals surface area contributed by atoms with E-state index in [1.54, 1.807) is 23.9 Å². The number of aromatic nitrogens is 3. The van der Waals surface area contributed by atoms with Gasteiger partial charge < -0.3 is 0 Å². The highest BCUT2D eigenvalue weighted by Gasteiger charge is 2.43. The molecule has 0 radical (unpaired) electrons. The van der Waals surface area contributed by atoms with Crippen molar-refractivity contribution in [1.82, 2.24) is 14.8 Å². The van der Waals surface area contributed by atoms with Gasteiger partial charge in [0.25, 0.3) is 11.8 Å². The smallest absolute Gasteiger partial charge is 0.268 e. The summed E-state index contributed by atoms with van der Waals surface area (Å²) in [4.78, 5) is 32.4. The number of pyridine rings is 1. The Hall–Kier alpha value is -4.06. The van der Waals surface area contributed by atoms with Crippen LogP contribution >= 0.6 is 0 Å². The third kappa shape index (κ3) is 3.18. The zero-order valence-corrected chi connectivity index (χ0v) is 19.3. The van der Waals surface area contributed by atoms with Gasteiger partial charge in [-0.2, -0.15) is 5.10 Å². The average Bonchev–Trinajstić information content (AvgIpc) is 3.26. The quantitative estimate of drug-likeness (QED) is 0.410. The number of hydrogen-bond donors (Lipinski definition) is 0. The molecular formula is C27H24N4O2. The monoisotopic (exact) mass is 436 g/mol. The molecule has 0 spiro atoms. The molecule has 0 fully saturated rings. The summed E-state index contributed by atoms with van der Waals surface area (Å²) in [6.45, 7) is 9.85. The highest BCUT2D eigenvalue weighted by atomic mass is 16.2. The Morgan fingerprint density at radius 1 is 0.758 bits per heavy atom. The van der Waals surface area contributed by atoms with Crippen molar-refractivity contribution in [1.29, 1.82) is 0 Å². The van der Waals surface area contributed by atoms with E-state index in [1.807, 2.05) is 64.1 Å². The zero-order valence-electron chi connectivity index (χ0n) is 19.3. The van der Waals surface area contributed by atoms with Gasteiger partial charge in [-0.05, 0) is 80.6 Å². The maximum absolute atomic E-state index is 13.5. The van der Waals surface area contributed by atoms with Crippen LogP contribution in [0, 0.1) is 34.6 Å². The summed E-state index contributed by atoms with van der Waals surface area (Å²) in [5, 5.41) is 4.55. The number of aryl methyl sites for hydroxylation is 5. The molecule has 0 unspecified atom stereocenters.